The molecule has 0 amide bonds. The maximum Gasteiger partial charge on any atom is 0.166 e. The second-order valence-electron chi connectivity index (χ2n) is 18.0. The van der Waals surface area contributed by atoms with Gasteiger partial charge in [-0.3, -0.25) is 0 Å². The van der Waals surface area contributed by atoms with Gasteiger partial charge in [0.2, 0.25) is 0 Å². The van der Waals surface area contributed by atoms with Crippen molar-refractivity contribution in [2.75, 3.05) is 0 Å². The third kappa shape index (κ3) is 6.38. The first-order valence-electron chi connectivity index (χ1n) is 23.8. The van der Waals surface area contributed by atoms with Gasteiger partial charge in [0.15, 0.2) is 17.5 Å². The lowest BCUT2D eigenvalue weighted by molar-refractivity contribution is 0.859. The highest BCUT2D eigenvalue weighted by molar-refractivity contribution is 6.13. The molecular weight excluding hydrogens is 853 g/mol. The largest absolute Gasteiger partial charge is 0.336 e. The van der Waals surface area contributed by atoms with Crippen LogP contribution in [0.2, 0.25) is 0 Å². The van der Waals surface area contributed by atoms with Gasteiger partial charge in [-0.25, -0.2) is 15.0 Å². The number of para-hydroxylation sites is 6. The Morgan fingerprint density at radius 2 is 0.743 bits per heavy atom. The molecule has 14 aromatic rings. The molecule has 0 spiro atoms. The van der Waals surface area contributed by atoms with Gasteiger partial charge in [-0.1, -0.05) is 182 Å². The molecule has 6 nitrogen and oxygen atoms in total. The molecule has 0 saturated carbocycles. The van der Waals surface area contributed by atoms with Crippen LogP contribution in [0.15, 0.2) is 243 Å². The monoisotopic (exact) mass is 894 g/mol. The van der Waals surface area contributed by atoms with Crippen LogP contribution in [-0.2, 0) is 6.54 Å². The molecule has 10 aromatic carbocycles. The Morgan fingerprint density at radius 1 is 0.286 bits per heavy atom. The fourth-order valence-corrected chi connectivity index (χ4v) is 10.8. The van der Waals surface area contributed by atoms with Crippen molar-refractivity contribution in [2.45, 2.75) is 6.54 Å². The molecule has 0 unspecified atom stereocenters. The number of rotatable bonds is 8. The smallest absolute Gasteiger partial charge is 0.166 e. The van der Waals surface area contributed by atoms with Crippen molar-refractivity contribution in [1.29, 1.82) is 0 Å². The maximum atomic E-state index is 5.33. The first kappa shape index (κ1) is 39.7. The van der Waals surface area contributed by atoms with Gasteiger partial charge in [0.05, 0.1) is 39.8 Å². The Balaban J connectivity index is 0.999. The van der Waals surface area contributed by atoms with Gasteiger partial charge in [-0.15, -0.1) is 0 Å². The molecule has 4 aromatic heterocycles. The van der Waals surface area contributed by atoms with Crippen molar-refractivity contribution >= 4 is 65.4 Å². The molecule has 4 heterocycles. The van der Waals surface area contributed by atoms with Crippen LogP contribution in [0.4, 0.5) is 0 Å². The van der Waals surface area contributed by atoms with Gasteiger partial charge < -0.3 is 13.7 Å². The molecule has 70 heavy (non-hydrogen) atoms. The SMILES string of the molecule is c1ccc(-c2nc(-c3ccccc3)nc(-c3cccc(Cn4c5ccccc5c5ccc(-c6ccc7c(c6)c6ccccc6n7-c6ccccc6)cc54)c3-n3c4ccccc4c4ccccc43)n2)cc1. The van der Waals surface area contributed by atoms with E-state index < -0.39 is 0 Å². The van der Waals surface area contributed by atoms with Gasteiger partial charge in [0.1, 0.15) is 0 Å². The number of fused-ring (bicyclic) bond motifs is 9. The lowest BCUT2D eigenvalue weighted by Gasteiger charge is -2.20. The van der Waals surface area contributed by atoms with Crippen LogP contribution < -0.4 is 0 Å². The quantitative estimate of drug-likeness (QED) is 0.153. The van der Waals surface area contributed by atoms with Crippen LogP contribution in [0, 0.1) is 0 Å². The first-order valence-corrected chi connectivity index (χ1v) is 23.8. The summed E-state index contributed by atoms with van der Waals surface area (Å²) in [5.41, 5.74) is 15.4. The van der Waals surface area contributed by atoms with E-state index in [4.69, 9.17) is 15.0 Å². The lowest BCUT2D eigenvalue weighted by Crippen LogP contribution is -2.09. The fourth-order valence-electron chi connectivity index (χ4n) is 10.8. The number of aromatic nitrogens is 6. The normalized spacial score (nSPS) is 11.8. The van der Waals surface area contributed by atoms with E-state index in [-0.39, 0.29) is 0 Å². The predicted octanol–water partition coefficient (Wildman–Crippen LogP) is 15.9. The molecule has 0 fully saturated rings. The van der Waals surface area contributed by atoms with Crippen molar-refractivity contribution in [3.63, 3.8) is 0 Å². The lowest BCUT2D eigenvalue weighted by atomic mass is 10.0. The number of hydrogen-bond donors (Lipinski definition) is 0. The second kappa shape index (κ2) is 16.1. The summed E-state index contributed by atoms with van der Waals surface area (Å²) in [6.07, 6.45) is 0. The zero-order chi connectivity index (χ0) is 46.1. The highest BCUT2D eigenvalue weighted by atomic mass is 15.1. The van der Waals surface area contributed by atoms with Gasteiger partial charge in [0, 0.05) is 60.2 Å². The van der Waals surface area contributed by atoms with Crippen LogP contribution in [0.5, 0.6) is 0 Å². The van der Waals surface area contributed by atoms with Crippen LogP contribution in [-0.4, -0.2) is 28.7 Å². The summed E-state index contributed by atoms with van der Waals surface area (Å²) >= 11 is 0. The summed E-state index contributed by atoms with van der Waals surface area (Å²) in [7, 11) is 0. The van der Waals surface area contributed by atoms with E-state index in [1.165, 1.54) is 65.5 Å². The van der Waals surface area contributed by atoms with Crippen molar-refractivity contribution < 1.29 is 0 Å². The first-order chi connectivity index (χ1) is 34.7. The van der Waals surface area contributed by atoms with Crippen molar-refractivity contribution in [1.82, 2.24) is 28.7 Å². The van der Waals surface area contributed by atoms with Crippen LogP contribution >= 0.6 is 0 Å². The minimum atomic E-state index is 0.587. The highest BCUT2D eigenvalue weighted by Crippen LogP contribution is 2.41. The van der Waals surface area contributed by atoms with E-state index in [0.29, 0.717) is 24.0 Å². The second-order valence-corrected chi connectivity index (χ2v) is 18.0. The molecular formula is C64H42N6. The van der Waals surface area contributed by atoms with Gasteiger partial charge in [-0.2, -0.15) is 0 Å². The highest BCUT2D eigenvalue weighted by Gasteiger charge is 2.24. The summed E-state index contributed by atoms with van der Waals surface area (Å²) in [6.45, 7) is 0.587. The Labute approximate surface area is 403 Å². The zero-order valence-corrected chi connectivity index (χ0v) is 38.0. The molecule has 0 aliphatic rings. The molecule has 0 saturated heterocycles. The summed E-state index contributed by atoms with van der Waals surface area (Å²) in [4.78, 5) is 15.7. The van der Waals surface area contributed by atoms with Crippen LogP contribution in [0.1, 0.15) is 5.56 Å². The third-order valence-electron chi connectivity index (χ3n) is 14.0. The van der Waals surface area contributed by atoms with E-state index in [2.05, 4.69) is 220 Å². The topological polar surface area (TPSA) is 53.5 Å². The van der Waals surface area contributed by atoms with Gasteiger partial charge in [-0.05, 0) is 77.4 Å². The van der Waals surface area contributed by atoms with E-state index in [9.17, 15) is 0 Å². The molecule has 0 aliphatic heterocycles. The van der Waals surface area contributed by atoms with Crippen LogP contribution in [0.25, 0.3) is 122 Å². The van der Waals surface area contributed by atoms with Gasteiger partial charge >= 0.3 is 0 Å². The molecule has 0 aliphatic carbocycles. The average Bonchev–Trinajstić information content (AvgIpc) is 4.06. The average molecular weight is 895 g/mol. The standard InChI is InChI=1S/C64H42N6/c1-4-19-42(20-5-1)62-65-63(43-21-6-2-7-22-43)67-64(66-62)53-30-18-23-46(61(53)70-57-33-16-11-27-49(57)50-28-12-17-34-58(50)70)41-68-55-31-14-10-26-48(55)52-37-35-45(40-60(52)68)44-36-38-59-54(39-44)51-29-13-15-32-56(51)69(59)47-24-8-3-9-25-47/h1-40H,41H2. The summed E-state index contributed by atoms with van der Waals surface area (Å²) in [6, 6.07) is 86.6. The van der Waals surface area contributed by atoms with E-state index >= 15 is 0 Å². The fraction of sp³-hybridized carbons (Fsp3) is 0.0156. The molecule has 0 atom stereocenters. The minimum Gasteiger partial charge on any atom is -0.336 e. The molecule has 0 radical (unpaired) electrons. The predicted molar refractivity (Wildman–Crippen MR) is 289 cm³/mol. The Bertz CT molecular complexity index is 4210. The van der Waals surface area contributed by atoms with Crippen LogP contribution in [0.3, 0.4) is 0 Å². The van der Waals surface area contributed by atoms with Crippen molar-refractivity contribution in [3.05, 3.63) is 248 Å². The van der Waals surface area contributed by atoms with E-state index in [1.54, 1.807) is 0 Å². The van der Waals surface area contributed by atoms with Crippen molar-refractivity contribution in [3.8, 4) is 56.7 Å². The third-order valence-corrected chi connectivity index (χ3v) is 14.0. The number of nitrogens with zero attached hydrogens (tertiary/aromatic N) is 6. The molecule has 14 rings (SSSR count). The van der Waals surface area contributed by atoms with E-state index in [1.807, 2.05) is 36.4 Å². The molecule has 0 N–H and O–H groups in total. The molecule has 6 heteroatoms. The van der Waals surface area contributed by atoms with E-state index in [0.717, 1.165) is 44.7 Å². The number of benzene rings is 10. The molecule has 328 valence electrons. The van der Waals surface area contributed by atoms with Crippen molar-refractivity contribution in [2.24, 2.45) is 0 Å². The maximum absolute atomic E-state index is 5.33. The number of hydrogen-bond acceptors (Lipinski definition) is 3. The van der Waals surface area contributed by atoms with Gasteiger partial charge in [0.25, 0.3) is 0 Å². The zero-order valence-electron chi connectivity index (χ0n) is 38.0. The molecule has 0 bridgehead atoms. The summed E-state index contributed by atoms with van der Waals surface area (Å²) < 4.78 is 7.31. The minimum absolute atomic E-state index is 0.587. The summed E-state index contributed by atoms with van der Waals surface area (Å²) in [5.74, 6) is 1.86. The summed E-state index contributed by atoms with van der Waals surface area (Å²) in [5, 5.41) is 7.28. The Kier molecular flexibility index (Phi) is 9.17. The Morgan fingerprint density at radius 3 is 1.37 bits per heavy atom. The Hall–Kier alpha value is -9.39.